The van der Waals surface area contributed by atoms with Crippen molar-refractivity contribution in [3.63, 3.8) is 0 Å². The minimum absolute atomic E-state index is 0.0244. The number of aromatic nitrogens is 2. The molecule has 0 saturated heterocycles. The maximum Gasteiger partial charge on any atom is 0.256 e. The number of amides is 1. The number of hydrogen-bond donors (Lipinski definition) is 2. The Kier molecular flexibility index (Phi) is 6.90. The van der Waals surface area contributed by atoms with Crippen LogP contribution in [0.15, 0.2) is 77.6 Å². The molecule has 1 fully saturated rings. The molecule has 6 rings (SSSR count). The lowest BCUT2D eigenvalue weighted by molar-refractivity contribution is -0.141. The number of carbonyl (C=O) groups is 1. The van der Waals surface area contributed by atoms with Crippen LogP contribution in [-0.2, 0) is 23.2 Å². The van der Waals surface area contributed by atoms with E-state index in [1.54, 1.807) is 0 Å². The molecule has 0 bridgehead atoms. The van der Waals surface area contributed by atoms with E-state index in [9.17, 15) is 19.1 Å². The second kappa shape index (κ2) is 10.5. The van der Waals surface area contributed by atoms with Gasteiger partial charge in [-0.15, -0.1) is 0 Å². The molecule has 1 atom stereocenters. The van der Waals surface area contributed by atoms with E-state index in [1.807, 2.05) is 54.6 Å². The molecule has 4 aromatic rings. The summed E-state index contributed by atoms with van der Waals surface area (Å²) in [7, 11) is 0. The number of aromatic amines is 1. The predicted octanol–water partition coefficient (Wildman–Crippen LogP) is 5.44. The molecule has 1 aromatic heterocycles. The number of carbonyl (C=O) groups excluding carboxylic acids is 1. The number of aliphatic hydroxyl groups is 1. The van der Waals surface area contributed by atoms with Crippen LogP contribution in [-0.4, -0.2) is 32.4 Å². The van der Waals surface area contributed by atoms with Gasteiger partial charge in [0.15, 0.2) is 6.10 Å². The summed E-state index contributed by atoms with van der Waals surface area (Å²) < 4.78 is 20.5. The number of nitrogens with one attached hydrogen (secondary N) is 1. The van der Waals surface area contributed by atoms with Gasteiger partial charge in [-0.05, 0) is 61.6 Å². The molecule has 2 aliphatic rings. The number of H-pyrrole nitrogens is 1. The summed E-state index contributed by atoms with van der Waals surface area (Å²) in [6.07, 6.45) is 1.00. The van der Waals surface area contributed by atoms with E-state index < -0.39 is 23.2 Å². The van der Waals surface area contributed by atoms with Crippen molar-refractivity contribution in [1.29, 1.82) is 0 Å². The minimum Gasteiger partial charge on any atom is -0.457 e. The quantitative estimate of drug-likeness (QED) is 0.328. The summed E-state index contributed by atoms with van der Waals surface area (Å²) in [6.45, 7) is 0.274. The van der Waals surface area contributed by atoms with Crippen molar-refractivity contribution in [2.45, 2.75) is 43.7 Å². The Balaban J connectivity index is 1.26. The summed E-state index contributed by atoms with van der Waals surface area (Å²) >= 11 is 5.84. The van der Waals surface area contributed by atoms with Gasteiger partial charge in [0, 0.05) is 12.1 Å². The molecule has 1 aliphatic carbocycles. The molecule has 1 saturated carbocycles. The number of aryl methyl sites for hydroxylation is 1. The first-order valence-corrected chi connectivity index (χ1v) is 13.6. The van der Waals surface area contributed by atoms with Crippen molar-refractivity contribution in [3.8, 4) is 11.5 Å². The first-order chi connectivity index (χ1) is 19.4. The third kappa shape index (κ3) is 4.89. The van der Waals surface area contributed by atoms with Crippen molar-refractivity contribution in [2.24, 2.45) is 0 Å². The SMILES string of the molecule is O=C(C(O)c1cccc(Cl)c1F)N1CCCc2nc(C3(c4cccc(Oc5ccccc5)c4)CC3)[nH]c(=O)c2C1. The van der Waals surface area contributed by atoms with Crippen molar-refractivity contribution in [1.82, 2.24) is 14.9 Å². The average Bonchev–Trinajstić information content (AvgIpc) is 3.79. The molecule has 0 radical (unpaired) electrons. The maximum atomic E-state index is 14.5. The number of halogens is 2. The molecule has 9 heteroatoms. The van der Waals surface area contributed by atoms with E-state index in [1.165, 1.54) is 23.1 Å². The molecule has 1 unspecified atom stereocenters. The highest BCUT2D eigenvalue weighted by atomic mass is 35.5. The van der Waals surface area contributed by atoms with E-state index in [-0.39, 0.29) is 22.7 Å². The van der Waals surface area contributed by atoms with Crippen LogP contribution < -0.4 is 10.3 Å². The number of rotatable bonds is 6. The Morgan fingerprint density at radius 2 is 1.82 bits per heavy atom. The van der Waals surface area contributed by atoms with Crippen LogP contribution in [0.4, 0.5) is 4.39 Å². The predicted molar refractivity (Wildman–Crippen MR) is 148 cm³/mol. The van der Waals surface area contributed by atoms with Crippen LogP contribution in [0, 0.1) is 5.82 Å². The zero-order chi connectivity index (χ0) is 27.9. The fourth-order valence-electron chi connectivity index (χ4n) is 5.34. The number of fused-ring (bicyclic) bond motifs is 1. The lowest BCUT2D eigenvalue weighted by Crippen LogP contribution is -2.37. The van der Waals surface area contributed by atoms with E-state index in [0.717, 1.165) is 24.2 Å². The van der Waals surface area contributed by atoms with E-state index >= 15 is 0 Å². The largest absolute Gasteiger partial charge is 0.457 e. The third-order valence-electron chi connectivity index (χ3n) is 7.68. The molecule has 0 spiro atoms. The monoisotopic (exact) mass is 559 g/mol. The Bertz CT molecular complexity index is 1640. The third-order valence-corrected chi connectivity index (χ3v) is 7.97. The van der Waals surface area contributed by atoms with Crippen LogP contribution >= 0.6 is 11.6 Å². The number of aliphatic hydroxyl groups excluding tert-OH is 1. The molecule has 204 valence electrons. The molecular formula is C31H27ClFN3O4. The van der Waals surface area contributed by atoms with Gasteiger partial charge in [-0.1, -0.05) is 54.1 Å². The number of para-hydroxylation sites is 1. The molecule has 7 nitrogen and oxygen atoms in total. The van der Waals surface area contributed by atoms with Crippen LogP contribution in [0.5, 0.6) is 11.5 Å². The maximum absolute atomic E-state index is 14.5. The second-order valence-corrected chi connectivity index (χ2v) is 10.7. The van der Waals surface area contributed by atoms with E-state index in [2.05, 4.69) is 4.98 Å². The normalized spacial score (nSPS) is 16.5. The smallest absolute Gasteiger partial charge is 0.256 e. The summed E-state index contributed by atoms with van der Waals surface area (Å²) in [5.74, 6) is 0.525. The van der Waals surface area contributed by atoms with Crippen LogP contribution in [0.3, 0.4) is 0 Å². The second-order valence-electron chi connectivity index (χ2n) is 10.3. The highest BCUT2D eigenvalue weighted by Crippen LogP contribution is 2.52. The summed E-state index contributed by atoms with van der Waals surface area (Å²) in [5.41, 5.74) is 1.11. The van der Waals surface area contributed by atoms with Crippen LogP contribution in [0.2, 0.25) is 5.02 Å². The van der Waals surface area contributed by atoms with Gasteiger partial charge >= 0.3 is 0 Å². The van der Waals surface area contributed by atoms with Gasteiger partial charge in [-0.25, -0.2) is 9.37 Å². The Morgan fingerprint density at radius 3 is 2.60 bits per heavy atom. The van der Waals surface area contributed by atoms with Crippen molar-refractivity contribution >= 4 is 17.5 Å². The number of hydrogen-bond acceptors (Lipinski definition) is 5. The van der Waals surface area contributed by atoms with E-state index in [0.29, 0.717) is 42.2 Å². The molecule has 1 aliphatic heterocycles. The van der Waals surface area contributed by atoms with Gasteiger partial charge in [0.25, 0.3) is 11.5 Å². The highest BCUT2D eigenvalue weighted by molar-refractivity contribution is 6.30. The van der Waals surface area contributed by atoms with Gasteiger partial charge < -0.3 is 19.7 Å². The number of nitrogens with zero attached hydrogens (tertiary/aromatic N) is 2. The molecule has 1 amide bonds. The van der Waals surface area contributed by atoms with Gasteiger partial charge in [0.1, 0.15) is 23.1 Å². The number of ether oxygens (including phenoxy) is 1. The van der Waals surface area contributed by atoms with Crippen LogP contribution in [0.25, 0.3) is 0 Å². The molecular weight excluding hydrogens is 533 g/mol. The van der Waals surface area contributed by atoms with Crippen LogP contribution in [0.1, 0.15) is 53.6 Å². The molecule has 40 heavy (non-hydrogen) atoms. The zero-order valence-corrected chi connectivity index (χ0v) is 22.3. The Morgan fingerprint density at radius 1 is 1.07 bits per heavy atom. The Labute approximate surface area is 235 Å². The summed E-state index contributed by atoms with van der Waals surface area (Å²) in [6, 6.07) is 21.5. The van der Waals surface area contributed by atoms with Gasteiger partial charge in [-0.2, -0.15) is 0 Å². The van der Waals surface area contributed by atoms with Crippen molar-refractivity contribution in [2.75, 3.05) is 6.54 Å². The van der Waals surface area contributed by atoms with Crippen molar-refractivity contribution < 1.29 is 19.0 Å². The lowest BCUT2D eigenvalue weighted by Gasteiger charge is -2.24. The average molecular weight is 560 g/mol. The first-order valence-electron chi connectivity index (χ1n) is 13.2. The fraction of sp³-hybridized carbons (Fsp3) is 0.258. The zero-order valence-electron chi connectivity index (χ0n) is 21.6. The standard InChI is InChI=1S/C31H27ClFN3O4/c32-24-12-5-11-22(26(24)33)27(37)29(39)36-16-6-13-25-23(18-36)28(38)35-30(34-25)31(14-15-31)19-7-4-10-21(17-19)40-20-8-2-1-3-9-20/h1-5,7-12,17,27,37H,6,13-16,18H2,(H,34,35,38). The van der Waals surface area contributed by atoms with Gasteiger partial charge in [0.05, 0.1) is 28.2 Å². The van der Waals surface area contributed by atoms with E-state index in [4.69, 9.17) is 21.3 Å². The lowest BCUT2D eigenvalue weighted by atomic mass is 9.94. The Hall–Kier alpha value is -4.01. The van der Waals surface area contributed by atoms with Gasteiger partial charge in [0.2, 0.25) is 0 Å². The summed E-state index contributed by atoms with van der Waals surface area (Å²) in [5, 5.41) is 10.5. The fourth-order valence-corrected chi connectivity index (χ4v) is 5.52. The molecule has 2 N–H and O–H groups in total. The first kappa shape index (κ1) is 26.2. The van der Waals surface area contributed by atoms with Crippen molar-refractivity contribution in [3.05, 3.63) is 122 Å². The summed E-state index contributed by atoms with van der Waals surface area (Å²) in [4.78, 5) is 35.8. The molecule has 3 aromatic carbocycles. The van der Waals surface area contributed by atoms with Gasteiger partial charge in [-0.3, -0.25) is 9.59 Å². The topological polar surface area (TPSA) is 95.5 Å². The minimum atomic E-state index is -1.73. The molecule has 2 heterocycles. The highest BCUT2D eigenvalue weighted by Gasteiger charge is 2.49. The number of benzene rings is 3.